The van der Waals surface area contributed by atoms with Crippen molar-refractivity contribution in [1.82, 2.24) is 15.1 Å². The molecule has 1 atom stereocenters. The fraction of sp³-hybridized carbons (Fsp3) is 0.308. The number of hydrogen-bond donors (Lipinski definition) is 2. The number of alkyl halides is 2. The summed E-state index contributed by atoms with van der Waals surface area (Å²) < 4.78 is 25.9. The maximum absolute atomic E-state index is 12.2. The van der Waals surface area contributed by atoms with E-state index in [0.29, 0.717) is 5.52 Å². The van der Waals surface area contributed by atoms with Gasteiger partial charge in [0.05, 0.1) is 11.7 Å². The highest BCUT2D eigenvalue weighted by atomic mass is 19.3. The van der Waals surface area contributed by atoms with Crippen LogP contribution in [0.25, 0.3) is 10.9 Å². The van der Waals surface area contributed by atoms with Gasteiger partial charge in [-0.15, -0.1) is 0 Å². The summed E-state index contributed by atoms with van der Waals surface area (Å²) in [4.78, 5) is 22.6. The van der Waals surface area contributed by atoms with Crippen molar-refractivity contribution in [3.05, 3.63) is 30.5 Å². The number of carbonyl (C=O) groups excluding carboxylic acids is 1. The average molecular weight is 297 g/mol. The standard InChI is InChI=1S/C13H13F2N3O3/c14-11(15)5-9(13(20)21)17-12(19)7-18-10-4-2-1-3-8(10)6-16-18/h1-4,6,9,11H,5,7H2,(H,17,19)(H,20,21). The third kappa shape index (κ3) is 3.74. The Morgan fingerprint density at radius 3 is 2.71 bits per heavy atom. The molecule has 0 spiro atoms. The van der Waals surface area contributed by atoms with Crippen LogP contribution in [0.15, 0.2) is 30.5 Å². The summed E-state index contributed by atoms with van der Waals surface area (Å²) >= 11 is 0. The molecule has 6 nitrogen and oxygen atoms in total. The van der Waals surface area contributed by atoms with Crippen molar-refractivity contribution in [1.29, 1.82) is 0 Å². The highest BCUT2D eigenvalue weighted by molar-refractivity contribution is 5.85. The van der Waals surface area contributed by atoms with Crippen LogP contribution < -0.4 is 5.32 Å². The molecule has 1 amide bonds. The van der Waals surface area contributed by atoms with Crippen LogP contribution in [0.5, 0.6) is 0 Å². The lowest BCUT2D eigenvalue weighted by molar-refractivity contribution is -0.143. The first-order chi connectivity index (χ1) is 9.97. The summed E-state index contributed by atoms with van der Waals surface area (Å²) in [6.07, 6.45) is -2.17. The van der Waals surface area contributed by atoms with Crippen molar-refractivity contribution in [3.63, 3.8) is 0 Å². The van der Waals surface area contributed by atoms with Crippen LogP contribution in [0.2, 0.25) is 0 Å². The molecule has 112 valence electrons. The van der Waals surface area contributed by atoms with Crippen molar-refractivity contribution in [2.45, 2.75) is 25.4 Å². The minimum Gasteiger partial charge on any atom is -0.480 e. The second-order valence-corrected chi connectivity index (χ2v) is 4.45. The molecule has 1 unspecified atom stereocenters. The lowest BCUT2D eigenvalue weighted by Gasteiger charge is -2.14. The molecule has 0 fully saturated rings. The number of hydrogen-bond acceptors (Lipinski definition) is 3. The third-order valence-corrected chi connectivity index (χ3v) is 2.89. The molecule has 0 aliphatic rings. The zero-order valence-corrected chi connectivity index (χ0v) is 10.9. The Morgan fingerprint density at radius 2 is 2.05 bits per heavy atom. The molecule has 2 aromatic rings. The Balaban J connectivity index is 2.05. The normalized spacial score (nSPS) is 12.5. The summed E-state index contributed by atoms with van der Waals surface area (Å²) in [6, 6.07) is 5.54. The van der Waals surface area contributed by atoms with Crippen molar-refractivity contribution >= 4 is 22.8 Å². The molecule has 8 heteroatoms. The summed E-state index contributed by atoms with van der Waals surface area (Å²) in [5.74, 6) is -2.18. The van der Waals surface area contributed by atoms with E-state index in [0.717, 1.165) is 5.39 Å². The van der Waals surface area contributed by atoms with Gasteiger partial charge in [-0.25, -0.2) is 13.6 Å². The highest BCUT2D eigenvalue weighted by Gasteiger charge is 2.24. The van der Waals surface area contributed by atoms with Crippen LogP contribution in [0.4, 0.5) is 8.78 Å². The van der Waals surface area contributed by atoms with Gasteiger partial charge in [-0.05, 0) is 6.07 Å². The topological polar surface area (TPSA) is 84.2 Å². The SMILES string of the molecule is O=C(Cn1ncc2ccccc21)NC(CC(F)F)C(=O)O. The predicted molar refractivity (Wildman–Crippen MR) is 69.9 cm³/mol. The Bertz CT molecular complexity index is 657. The van der Waals surface area contributed by atoms with Gasteiger partial charge in [0.2, 0.25) is 12.3 Å². The number of carboxylic acid groups (broad SMARTS) is 1. The summed E-state index contributed by atoms with van der Waals surface area (Å²) in [5.41, 5.74) is 0.702. The molecule has 0 bridgehead atoms. The van der Waals surface area contributed by atoms with Gasteiger partial charge in [-0.3, -0.25) is 9.48 Å². The monoisotopic (exact) mass is 297 g/mol. The summed E-state index contributed by atoms with van der Waals surface area (Å²) in [6.45, 7) is -0.236. The lowest BCUT2D eigenvalue weighted by atomic mass is 10.2. The number of aromatic nitrogens is 2. The van der Waals surface area contributed by atoms with Gasteiger partial charge in [0.15, 0.2) is 0 Å². The maximum atomic E-state index is 12.2. The molecular weight excluding hydrogens is 284 g/mol. The van der Waals surface area contributed by atoms with Gasteiger partial charge in [-0.1, -0.05) is 18.2 Å². The number of fused-ring (bicyclic) bond motifs is 1. The number of benzene rings is 1. The van der Waals surface area contributed by atoms with E-state index in [4.69, 9.17) is 5.11 Å². The molecule has 0 radical (unpaired) electrons. The number of carboxylic acids is 1. The van der Waals surface area contributed by atoms with Gasteiger partial charge in [-0.2, -0.15) is 5.10 Å². The van der Waals surface area contributed by atoms with Crippen LogP contribution in [0.3, 0.4) is 0 Å². The fourth-order valence-corrected chi connectivity index (χ4v) is 1.93. The maximum Gasteiger partial charge on any atom is 0.326 e. The van der Waals surface area contributed by atoms with E-state index in [-0.39, 0.29) is 6.54 Å². The molecule has 0 aliphatic carbocycles. The second kappa shape index (κ2) is 6.29. The Labute approximate surface area is 118 Å². The van der Waals surface area contributed by atoms with Gasteiger partial charge in [0.1, 0.15) is 12.6 Å². The van der Waals surface area contributed by atoms with Crippen molar-refractivity contribution in [2.75, 3.05) is 0 Å². The van der Waals surface area contributed by atoms with Crippen LogP contribution in [-0.2, 0) is 16.1 Å². The first-order valence-electron chi connectivity index (χ1n) is 6.18. The second-order valence-electron chi connectivity index (χ2n) is 4.45. The Morgan fingerprint density at radius 1 is 1.33 bits per heavy atom. The molecule has 1 aromatic heterocycles. The van der Waals surface area contributed by atoms with E-state index in [2.05, 4.69) is 10.4 Å². The number of halogens is 2. The zero-order chi connectivity index (χ0) is 15.4. The molecule has 2 N–H and O–H groups in total. The molecule has 0 saturated carbocycles. The van der Waals surface area contributed by atoms with Crippen LogP contribution >= 0.6 is 0 Å². The molecule has 1 aromatic carbocycles. The highest BCUT2D eigenvalue weighted by Crippen LogP contribution is 2.12. The van der Waals surface area contributed by atoms with Crippen molar-refractivity contribution in [2.24, 2.45) is 0 Å². The zero-order valence-electron chi connectivity index (χ0n) is 10.9. The molecule has 1 heterocycles. The predicted octanol–water partition coefficient (Wildman–Crippen LogP) is 1.26. The minimum atomic E-state index is -2.81. The van der Waals surface area contributed by atoms with Crippen LogP contribution in [-0.4, -0.2) is 39.2 Å². The molecule has 21 heavy (non-hydrogen) atoms. The number of amides is 1. The van der Waals surface area contributed by atoms with Gasteiger partial charge in [0.25, 0.3) is 0 Å². The van der Waals surface area contributed by atoms with E-state index in [1.54, 1.807) is 18.3 Å². The summed E-state index contributed by atoms with van der Waals surface area (Å²) in [5, 5.41) is 15.7. The molecule has 0 saturated heterocycles. The first kappa shape index (κ1) is 14.9. The third-order valence-electron chi connectivity index (χ3n) is 2.89. The number of rotatable bonds is 6. The number of para-hydroxylation sites is 1. The Hall–Kier alpha value is -2.51. The molecule has 2 rings (SSSR count). The average Bonchev–Trinajstić information content (AvgIpc) is 2.81. The van der Waals surface area contributed by atoms with E-state index in [1.807, 2.05) is 12.1 Å². The number of aliphatic carboxylic acids is 1. The van der Waals surface area contributed by atoms with E-state index in [9.17, 15) is 18.4 Å². The minimum absolute atomic E-state index is 0.236. The number of nitrogens with one attached hydrogen (secondary N) is 1. The number of nitrogens with zero attached hydrogens (tertiary/aromatic N) is 2. The Kier molecular flexibility index (Phi) is 4.46. The number of carbonyl (C=O) groups is 2. The largest absolute Gasteiger partial charge is 0.480 e. The van der Waals surface area contributed by atoms with Gasteiger partial charge >= 0.3 is 5.97 Å². The smallest absolute Gasteiger partial charge is 0.326 e. The van der Waals surface area contributed by atoms with Crippen LogP contribution in [0, 0.1) is 0 Å². The van der Waals surface area contributed by atoms with Crippen molar-refractivity contribution in [3.8, 4) is 0 Å². The van der Waals surface area contributed by atoms with Crippen LogP contribution in [0.1, 0.15) is 6.42 Å². The van der Waals surface area contributed by atoms with E-state index >= 15 is 0 Å². The molecule has 0 aliphatic heterocycles. The van der Waals surface area contributed by atoms with Gasteiger partial charge < -0.3 is 10.4 Å². The first-order valence-corrected chi connectivity index (χ1v) is 6.18. The van der Waals surface area contributed by atoms with E-state index < -0.39 is 30.8 Å². The lowest BCUT2D eigenvalue weighted by Crippen LogP contribution is -2.43. The van der Waals surface area contributed by atoms with E-state index in [1.165, 1.54) is 4.68 Å². The fourth-order valence-electron chi connectivity index (χ4n) is 1.93. The van der Waals surface area contributed by atoms with Crippen molar-refractivity contribution < 1.29 is 23.5 Å². The summed E-state index contributed by atoms with van der Waals surface area (Å²) in [7, 11) is 0. The van der Waals surface area contributed by atoms with Gasteiger partial charge in [0, 0.05) is 11.8 Å². The quantitative estimate of drug-likeness (QED) is 0.840. The molecular formula is C13H13F2N3O3.